The summed E-state index contributed by atoms with van der Waals surface area (Å²) in [6, 6.07) is 13.7. The Morgan fingerprint density at radius 2 is 1.96 bits per heavy atom. The van der Waals surface area contributed by atoms with Crippen LogP contribution in [0.5, 0.6) is 0 Å². The molecule has 0 unspecified atom stereocenters. The van der Waals surface area contributed by atoms with Gasteiger partial charge in [-0.05, 0) is 36.3 Å². The monoisotopic (exact) mass is 356 g/mol. The van der Waals surface area contributed by atoms with Crippen LogP contribution in [0.1, 0.15) is 11.1 Å². The number of carbonyl (C=O) groups excluding carboxylic acids is 1. The molecule has 1 fully saturated rings. The summed E-state index contributed by atoms with van der Waals surface area (Å²) in [5.41, 5.74) is 2.33. The second kappa shape index (κ2) is 6.54. The molecule has 2 aromatic rings. The third-order valence-electron chi connectivity index (χ3n) is 3.43. The van der Waals surface area contributed by atoms with Crippen LogP contribution in [0.3, 0.4) is 0 Å². The highest BCUT2D eigenvalue weighted by atomic mass is 32.2. The van der Waals surface area contributed by atoms with Gasteiger partial charge in [-0.15, -0.1) is 0 Å². The van der Waals surface area contributed by atoms with Crippen molar-refractivity contribution in [3.8, 4) is 0 Å². The minimum Gasteiger partial charge on any atom is -0.268 e. The van der Waals surface area contributed by atoms with Crippen LogP contribution in [0.4, 0.5) is 11.4 Å². The molecular formula is C17H12N2O3S2. The summed E-state index contributed by atoms with van der Waals surface area (Å²) in [5.74, 6) is -0.220. The predicted molar refractivity (Wildman–Crippen MR) is 99.9 cm³/mol. The normalized spacial score (nSPS) is 16.0. The maximum atomic E-state index is 12.7. The van der Waals surface area contributed by atoms with E-state index in [9.17, 15) is 14.9 Å². The number of hydrogen-bond donors (Lipinski definition) is 0. The van der Waals surface area contributed by atoms with Gasteiger partial charge in [0.05, 0.1) is 15.5 Å². The van der Waals surface area contributed by atoms with Crippen molar-refractivity contribution in [2.45, 2.75) is 6.92 Å². The molecule has 0 atom stereocenters. The van der Waals surface area contributed by atoms with Gasteiger partial charge in [0, 0.05) is 12.1 Å². The van der Waals surface area contributed by atoms with Crippen molar-refractivity contribution >= 4 is 51.7 Å². The number of thioether (sulfide) groups is 1. The van der Waals surface area contributed by atoms with E-state index in [1.54, 1.807) is 18.2 Å². The Bertz CT molecular complexity index is 893. The summed E-state index contributed by atoms with van der Waals surface area (Å²) in [4.78, 5) is 25.0. The molecule has 0 aliphatic carbocycles. The highest BCUT2D eigenvalue weighted by Crippen LogP contribution is 2.36. The topological polar surface area (TPSA) is 63.5 Å². The van der Waals surface area contributed by atoms with Gasteiger partial charge in [0.1, 0.15) is 0 Å². The lowest BCUT2D eigenvalue weighted by molar-refractivity contribution is -0.384. The predicted octanol–water partition coefficient (Wildman–Crippen LogP) is 4.31. The van der Waals surface area contributed by atoms with E-state index in [1.165, 1.54) is 28.8 Å². The number of non-ortho nitro benzene ring substituents is 1. The fourth-order valence-electron chi connectivity index (χ4n) is 2.34. The molecule has 0 spiro atoms. The van der Waals surface area contributed by atoms with Gasteiger partial charge in [0.15, 0.2) is 4.32 Å². The van der Waals surface area contributed by atoms with Crippen LogP contribution in [0, 0.1) is 17.0 Å². The van der Waals surface area contributed by atoms with E-state index in [1.807, 2.05) is 31.2 Å². The lowest BCUT2D eigenvalue weighted by atomic mass is 10.2. The summed E-state index contributed by atoms with van der Waals surface area (Å²) < 4.78 is 0.447. The van der Waals surface area contributed by atoms with E-state index in [4.69, 9.17) is 12.2 Å². The molecule has 0 radical (unpaired) electrons. The average molecular weight is 356 g/mol. The lowest BCUT2D eigenvalue weighted by Gasteiger charge is -2.14. The number of rotatable bonds is 3. The molecule has 5 nitrogen and oxygen atoms in total. The number of nitro benzene ring substituents is 1. The zero-order valence-corrected chi connectivity index (χ0v) is 14.3. The fourth-order valence-corrected chi connectivity index (χ4v) is 3.64. The van der Waals surface area contributed by atoms with Gasteiger partial charge in [-0.25, -0.2) is 0 Å². The van der Waals surface area contributed by atoms with Gasteiger partial charge in [0.25, 0.3) is 11.6 Å². The molecular weight excluding hydrogens is 344 g/mol. The van der Waals surface area contributed by atoms with Crippen LogP contribution in [-0.4, -0.2) is 15.2 Å². The highest BCUT2D eigenvalue weighted by molar-refractivity contribution is 8.27. The largest absolute Gasteiger partial charge is 0.270 e. The Labute approximate surface area is 148 Å². The zero-order chi connectivity index (χ0) is 17.3. The lowest BCUT2D eigenvalue weighted by Crippen LogP contribution is -2.27. The number of aryl methyl sites for hydroxylation is 1. The molecule has 24 heavy (non-hydrogen) atoms. The number of nitrogens with zero attached hydrogens (tertiary/aromatic N) is 2. The molecule has 3 rings (SSSR count). The SMILES string of the molecule is Cc1cccc(N2C(=O)/C(=C/c3cccc([N+](=O)[O-])c3)SC2=S)c1. The van der Waals surface area contributed by atoms with E-state index < -0.39 is 4.92 Å². The number of nitro groups is 1. The minimum atomic E-state index is -0.463. The van der Waals surface area contributed by atoms with Crippen molar-refractivity contribution in [3.05, 3.63) is 74.7 Å². The molecule has 1 heterocycles. The first-order valence-electron chi connectivity index (χ1n) is 7.05. The van der Waals surface area contributed by atoms with Crippen LogP contribution in [0.15, 0.2) is 53.4 Å². The number of anilines is 1. The standard InChI is InChI=1S/C17H12N2O3S2/c1-11-4-2-6-13(8-11)18-16(20)15(24-17(18)23)10-12-5-3-7-14(9-12)19(21)22/h2-10H,1H3/b15-10-. The number of benzene rings is 2. The Morgan fingerprint density at radius 3 is 2.67 bits per heavy atom. The van der Waals surface area contributed by atoms with Gasteiger partial charge in [0.2, 0.25) is 0 Å². The first kappa shape index (κ1) is 16.4. The highest BCUT2D eigenvalue weighted by Gasteiger charge is 2.33. The Morgan fingerprint density at radius 1 is 1.21 bits per heavy atom. The Balaban J connectivity index is 1.94. The van der Waals surface area contributed by atoms with Crippen molar-refractivity contribution in [2.75, 3.05) is 4.90 Å². The van der Waals surface area contributed by atoms with Gasteiger partial charge < -0.3 is 0 Å². The molecule has 120 valence electrons. The Hall–Kier alpha value is -2.51. The Kier molecular flexibility index (Phi) is 4.46. The van der Waals surface area contributed by atoms with E-state index >= 15 is 0 Å². The van der Waals surface area contributed by atoms with E-state index in [0.717, 1.165) is 11.3 Å². The van der Waals surface area contributed by atoms with Crippen LogP contribution < -0.4 is 4.90 Å². The van der Waals surface area contributed by atoms with Crippen molar-refractivity contribution < 1.29 is 9.72 Å². The number of thiocarbonyl (C=S) groups is 1. The number of amides is 1. The van der Waals surface area contributed by atoms with Crippen LogP contribution in [-0.2, 0) is 4.79 Å². The van der Waals surface area contributed by atoms with Crippen molar-refractivity contribution in [2.24, 2.45) is 0 Å². The summed E-state index contributed by atoms with van der Waals surface area (Å²) >= 11 is 6.51. The van der Waals surface area contributed by atoms with E-state index in [2.05, 4.69) is 0 Å². The molecule has 1 amide bonds. The summed E-state index contributed by atoms with van der Waals surface area (Å²) in [6.07, 6.45) is 1.63. The molecule has 0 bridgehead atoms. The van der Waals surface area contributed by atoms with E-state index in [0.29, 0.717) is 14.8 Å². The first-order valence-corrected chi connectivity index (χ1v) is 8.27. The fraction of sp³-hybridized carbons (Fsp3) is 0.0588. The summed E-state index contributed by atoms with van der Waals surface area (Å²) in [6.45, 7) is 1.94. The van der Waals surface area contributed by atoms with E-state index in [-0.39, 0.29) is 11.6 Å². The van der Waals surface area contributed by atoms with Crippen LogP contribution in [0.2, 0.25) is 0 Å². The third-order valence-corrected chi connectivity index (χ3v) is 4.73. The third kappa shape index (κ3) is 3.22. The molecule has 0 saturated carbocycles. The van der Waals surface area contributed by atoms with Gasteiger partial charge in [-0.3, -0.25) is 19.8 Å². The summed E-state index contributed by atoms with van der Waals surface area (Å²) in [7, 11) is 0. The molecule has 1 aliphatic heterocycles. The smallest absolute Gasteiger partial charge is 0.268 e. The van der Waals surface area contributed by atoms with Crippen LogP contribution in [0.25, 0.3) is 6.08 Å². The maximum absolute atomic E-state index is 12.7. The van der Waals surface area contributed by atoms with Gasteiger partial charge in [-0.2, -0.15) is 0 Å². The number of carbonyl (C=O) groups is 1. The first-order chi connectivity index (χ1) is 11.5. The quantitative estimate of drug-likeness (QED) is 0.355. The molecule has 0 aromatic heterocycles. The van der Waals surface area contributed by atoms with Crippen molar-refractivity contribution in [3.63, 3.8) is 0 Å². The van der Waals surface area contributed by atoms with Gasteiger partial charge in [-0.1, -0.05) is 48.2 Å². The van der Waals surface area contributed by atoms with Gasteiger partial charge >= 0.3 is 0 Å². The second-order valence-corrected chi connectivity index (χ2v) is 6.88. The minimum absolute atomic E-state index is 0.0158. The molecule has 0 N–H and O–H groups in total. The van der Waals surface area contributed by atoms with Crippen LogP contribution >= 0.6 is 24.0 Å². The zero-order valence-electron chi connectivity index (χ0n) is 12.6. The second-order valence-electron chi connectivity index (χ2n) is 5.21. The molecule has 7 heteroatoms. The summed E-state index contributed by atoms with van der Waals surface area (Å²) in [5, 5.41) is 10.9. The molecule has 1 saturated heterocycles. The molecule has 1 aliphatic rings. The van der Waals surface area contributed by atoms with Crippen molar-refractivity contribution in [1.29, 1.82) is 0 Å². The maximum Gasteiger partial charge on any atom is 0.270 e. The number of hydrogen-bond acceptors (Lipinski definition) is 5. The molecule has 2 aromatic carbocycles. The average Bonchev–Trinajstić information content (AvgIpc) is 2.81. The van der Waals surface area contributed by atoms with Crippen molar-refractivity contribution in [1.82, 2.24) is 0 Å².